The van der Waals surface area contributed by atoms with Gasteiger partial charge in [0.05, 0.1) is 5.69 Å². The highest BCUT2D eigenvalue weighted by atomic mass is 16.4. The molecule has 0 spiro atoms. The number of rotatable bonds is 5. The second kappa shape index (κ2) is 6.12. The molecule has 0 bridgehead atoms. The maximum Gasteiger partial charge on any atom is 0.354 e. The van der Waals surface area contributed by atoms with Gasteiger partial charge in [0.15, 0.2) is 0 Å². The van der Waals surface area contributed by atoms with Crippen molar-refractivity contribution in [3.8, 4) is 11.3 Å². The summed E-state index contributed by atoms with van der Waals surface area (Å²) in [4.78, 5) is 11.3. The number of aromatic nitrogens is 2. The quantitative estimate of drug-likeness (QED) is 0.889. The molecule has 0 aliphatic carbocycles. The summed E-state index contributed by atoms with van der Waals surface area (Å²) in [7, 11) is 0. The number of benzene rings is 1. The van der Waals surface area contributed by atoms with E-state index in [1.165, 1.54) is 5.56 Å². The molecule has 0 fully saturated rings. The molecule has 1 atom stereocenters. The van der Waals surface area contributed by atoms with Crippen LogP contribution in [0.5, 0.6) is 0 Å². The van der Waals surface area contributed by atoms with E-state index >= 15 is 0 Å². The summed E-state index contributed by atoms with van der Waals surface area (Å²) in [6.07, 6.45) is 1.10. The van der Waals surface area contributed by atoms with Crippen molar-refractivity contribution < 1.29 is 9.90 Å². The first-order valence-corrected chi connectivity index (χ1v) is 7.37. The largest absolute Gasteiger partial charge is 0.477 e. The molecular weight excluding hydrogens is 264 g/mol. The topological polar surface area (TPSA) is 55.1 Å². The third-order valence-electron chi connectivity index (χ3n) is 3.83. The van der Waals surface area contributed by atoms with E-state index in [0.717, 1.165) is 12.0 Å². The molecule has 0 saturated heterocycles. The SMILES string of the molecule is CCC(C)c1ccc(-c2cc(C(=O)O)n(C(C)C)n2)cc1. The standard InChI is InChI=1S/C17H22N2O2/c1-5-12(4)13-6-8-14(9-7-13)15-10-16(17(20)21)19(18-15)11(2)3/h6-12H,5H2,1-4H3,(H,20,21). The van der Waals surface area contributed by atoms with Crippen molar-refractivity contribution in [1.82, 2.24) is 9.78 Å². The van der Waals surface area contributed by atoms with Crippen LogP contribution in [0.1, 0.15) is 62.1 Å². The summed E-state index contributed by atoms with van der Waals surface area (Å²) in [6.45, 7) is 8.22. The van der Waals surface area contributed by atoms with Crippen molar-refractivity contribution in [2.75, 3.05) is 0 Å². The molecule has 1 N–H and O–H groups in total. The van der Waals surface area contributed by atoms with Crippen LogP contribution >= 0.6 is 0 Å². The Morgan fingerprint density at radius 3 is 2.29 bits per heavy atom. The summed E-state index contributed by atoms with van der Waals surface area (Å²) < 4.78 is 1.56. The van der Waals surface area contributed by atoms with Crippen molar-refractivity contribution in [3.05, 3.63) is 41.6 Å². The third kappa shape index (κ3) is 3.15. The molecule has 112 valence electrons. The van der Waals surface area contributed by atoms with E-state index in [4.69, 9.17) is 0 Å². The number of hydrogen-bond donors (Lipinski definition) is 1. The summed E-state index contributed by atoms with van der Waals surface area (Å²) in [5, 5.41) is 13.7. The van der Waals surface area contributed by atoms with E-state index in [1.54, 1.807) is 10.7 Å². The highest BCUT2D eigenvalue weighted by Gasteiger charge is 2.17. The Morgan fingerprint density at radius 2 is 1.86 bits per heavy atom. The van der Waals surface area contributed by atoms with Crippen LogP contribution in [0.15, 0.2) is 30.3 Å². The minimum Gasteiger partial charge on any atom is -0.477 e. The summed E-state index contributed by atoms with van der Waals surface area (Å²) >= 11 is 0. The second-order valence-corrected chi connectivity index (χ2v) is 5.69. The first kappa shape index (κ1) is 15.3. The number of carboxylic acids is 1. The van der Waals surface area contributed by atoms with Crippen LogP contribution in [-0.2, 0) is 0 Å². The zero-order valence-corrected chi connectivity index (χ0v) is 13.0. The van der Waals surface area contributed by atoms with Crippen molar-refractivity contribution in [1.29, 1.82) is 0 Å². The smallest absolute Gasteiger partial charge is 0.354 e. The molecule has 4 heteroatoms. The summed E-state index contributed by atoms with van der Waals surface area (Å²) in [5.74, 6) is -0.416. The van der Waals surface area contributed by atoms with Crippen LogP contribution in [0.4, 0.5) is 0 Å². The van der Waals surface area contributed by atoms with Crippen molar-refractivity contribution in [2.24, 2.45) is 0 Å². The van der Waals surface area contributed by atoms with Crippen LogP contribution in [-0.4, -0.2) is 20.9 Å². The van der Waals surface area contributed by atoms with Gasteiger partial charge in [-0.15, -0.1) is 0 Å². The lowest BCUT2D eigenvalue weighted by Crippen LogP contribution is -2.11. The number of aromatic carboxylic acids is 1. The monoisotopic (exact) mass is 286 g/mol. The molecule has 4 nitrogen and oxygen atoms in total. The van der Waals surface area contributed by atoms with E-state index in [-0.39, 0.29) is 11.7 Å². The van der Waals surface area contributed by atoms with E-state index in [9.17, 15) is 9.90 Å². The third-order valence-corrected chi connectivity index (χ3v) is 3.83. The molecule has 2 rings (SSSR count). The summed E-state index contributed by atoms with van der Waals surface area (Å²) in [6, 6.07) is 9.88. The number of carboxylic acid groups (broad SMARTS) is 1. The minimum absolute atomic E-state index is 0.0178. The average Bonchev–Trinajstić information content (AvgIpc) is 2.92. The number of nitrogens with zero attached hydrogens (tertiary/aromatic N) is 2. The first-order valence-electron chi connectivity index (χ1n) is 7.37. The summed E-state index contributed by atoms with van der Waals surface area (Å²) in [5.41, 5.74) is 3.18. The van der Waals surface area contributed by atoms with Crippen LogP contribution < -0.4 is 0 Å². The van der Waals surface area contributed by atoms with Crippen LogP contribution in [0.2, 0.25) is 0 Å². The van der Waals surface area contributed by atoms with Gasteiger partial charge in [-0.2, -0.15) is 5.10 Å². The van der Waals surface area contributed by atoms with E-state index in [0.29, 0.717) is 11.6 Å². The van der Waals surface area contributed by atoms with Gasteiger partial charge in [-0.1, -0.05) is 38.1 Å². The first-order chi connectivity index (χ1) is 9.93. The molecule has 0 saturated carbocycles. The fraction of sp³-hybridized carbons (Fsp3) is 0.412. The molecular formula is C17H22N2O2. The molecule has 0 amide bonds. The molecule has 1 aromatic carbocycles. The van der Waals surface area contributed by atoms with Gasteiger partial charge in [0.1, 0.15) is 5.69 Å². The number of hydrogen-bond acceptors (Lipinski definition) is 2. The lowest BCUT2D eigenvalue weighted by molar-refractivity contribution is 0.0681. The molecule has 2 aromatic rings. The predicted octanol–water partition coefficient (Wildman–Crippen LogP) is 4.34. The normalized spacial score (nSPS) is 12.6. The Bertz CT molecular complexity index is 627. The van der Waals surface area contributed by atoms with Crippen molar-refractivity contribution in [3.63, 3.8) is 0 Å². The van der Waals surface area contributed by atoms with Gasteiger partial charge in [-0.25, -0.2) is 4.79 Å². The maximum atomic E-state index is 11.3. The van der Waals surface area contributed by atoms with Gasteiger partial charge in [0, 0.05) is 11.6 Å². The second-order valence-electron chi connectivity index (χ2n) is 5.69. The van der Waals surface area contributed by atoms with Crippen LogP contribution in [0.3, 0.4) is 0 Å². The Balaban J connectivity index is 2.38. The maximum absolute atomic E-state index is 11.3. The van der Waals surface area contributed by atoms with Gasteiger partial charge >= 0.3 is 5.97 Å². The van der Waals surface area contributed by atoms with E-state index in [2.05, 4.69) is 31.1 Å². The fourth-order valence-electron chi connectivity index (χ4n) is 2.31. The van der Waals surface area contributed by atoms with Gasteiger partial charge in [0.25, 0.3) is 0 Å². The zero-order chi connectivity index (χ0) is 15.6. The molecule has 1 heterocycles. The zero-order valence-electron chi connectivity index (χ0n) is 13.0. The highest BCUT2D eigenvalue weighted by Crippen LogP contribution is 2.25. The molecule has 0 aliphatic rings. The van der Waals surface area contributed by atoms with E-state index < -0.39 is 5.97 Å². The van der Waals surface area contributed by atoms with E-state index in [1.807, 2.05) is 26.0 Å². The lowest BCUT2D eigenvalue weighted by Gasteiger charge is -2.09. The molecule has 0 aliphatic heterocycles. The van der Waals surface area contributed by atoms with Gasteiger partial charge < -0.3 is 5.11 Å². The van der Waals surface area contributed by atoms with Crippen LogP contribution in [0.25, 0.3) is 11.3 Å². The molecule has 1 aromatic heterocycles. The van der Waals surface area contributed by atoms with Gasteiger partial charge in [-0.05, 0) is 37.8 Å². The van der Waals surface area contributed by atoms with Gasteiger partial charge in [-0.3, -0.25) is 4.68 Å². The Kier molecular flexibility index (Phi) is 4.46. The molecule has 1 unspecified atom stereocenters. The van der Waals surface area contributed by atoms with Crippen molar-refractivity contribution in [2.45, 2.75) is 46.1 Å². The predicted molar refractivity (Wildman–Crippen MR) is 83.7 cm³/mol. The minimum atomic E-state index is -0.946. The Labute approximate surface area is 125 Å². The van der Waals surface area contributed by atoms with Crippen LogP contribution in [0, 0.1) is 0 Å². The highest BCUT2D eigenvalue weighted by molar-refractivity contribution is 5.87. The molecule has 21 heavy (non-hydrogen) atoms. The Morgan fingerprint density at radius 1 is 1.24 bits per heavy atom. The number of carbonyl (C=O) groups is 1. The van der Waals surface area contributed by atoms with Gasteiger partial charge in [0.2, 0.25) is 0 Å². The lowest BCUT2D eigenvalue weighted by atomic mass is 9.97. The average molecular weight is 286 g/mol. The van der Waals surface area contributed by atoms with Crippen molar-refractivity contribution >= 4 is 5.97 Å². The fourth-order valence-corrected chi connectivity index (χ4v) is 2.31. The molecule has 0 radical (unpaired) electrons. The Hall–Kier alpha value is -2.10.